The molecule has 8 heteroatoms. The quantitative estimate of drug-likeness (QED) is 0.760. The molecule has 1 amide bonds. The number of hydrogen-bond acceptors (Lipinski definition) is 5. The Kier molecular flexibility index (Phi) is 6.57. The fourth-order valence-electron chi connectivity index (χ4n) is 4.32. The predicted molar refractivity (Wildman–Crippen MR) is 122 cm³/mol. The standard InChI is InChI=1S/C23H30N4O3S/c1-18-7-3-6-16-27(18)31(29,30)21-11-8-19(9-12-21)23(28)25-20-10-13-22(24-17-20)26-14-4-2-5-15-26/h8-13,17-18H,2-7,14-16H2,1H3,(H,25,28). The average Bonchev–Trinajstić information content (AvgIpc) is 2.80. The summed E-state index contributed by atoms with van der Waals surface area (Å²) in [5.41, 5.74) is 1.02. The summed E-state index contributed by atoms with van der Waals surface area (Å²) in [5, 5.41) is 2.84. The van der Waals surface area contributed by atoms with E-state index in [0.717, 1.165) is 38.2 Å². The molecule has 2 fully saturated rings. The molecule has 0 spiro atoms. The van der Waals surface area contributed by atoms with Gasteiger partial charge in [-0.15, -0.1) is 0 Å². The second kappa shape index (κ2) is 9.36. The number of carbonyl (C=O) groups excluding carboxylic acids is 1. The van der Waals surface area contributed by atoms with Crippen LogP contribution in [0.3, 0.4) is 0 Å². The summed E-state index contributed by atoms with van der Waals surface area (Å²) < 4.78 is 27.5. The third kappa shape index (κ3) is 4.91. The lowest BCUT2D eigenvalue weighted by molar-refractivity contribution is 0.102. The summed E-state index contributed by atoms with van der Waals surface area (Å²) in [6.45, 7) is 4.53. The van der Waals surface area contributed by atoms with E-state index in [1.165, 1.54) is 31.4 Å². The lowest BCUT2D eigenvalue weighted by Gasteiger charge is -2.32. The topological polar surface area (TPSA) is 82.6 Å². The molecule has 2 aliphatic rings. The number of benzene rings is 1. The number of sulfonamides is 1. The summed E-state index contributed by atoms with van der Waals surface area (Å²) in [7, 11) is -3.54. The smallest absolute Gasteiger partial charge is 0.255 e. The van der Waals surface area contributed by atoms with Gasteiger partial charge in [0, 0.05) is 31.2 Å². The molecule has 1 N–H and O–H groups in total. The van der Waals surface area contributed by atoms with Crippen molar-refractivity contribution in [3.8, 4) is 0 Å². The molecule has 1 atom stereocenters. The van der Waals surface area contributed by atoms with Crippen molar-refractivity contribution in [3.63, 3.8) is 0 Å². The molecular weight excluding hydrogens is 412 g/mol. The lowest BCUT2D eigenvalue weighted by Crippen LogP contribution is -2.41. The lowest BCUT2D eigenvalue weighted by atomic mass is 10.1. The van der Waals surface area contributed by atoms with Crippen LogP contribution in [0.4, 0.5) is 11.5 Å². The first-order valence-corrected chi connectivity index (χ1v) is 12.5. The normalized spacial score (nSPS) is 20.4. The third-order valence-electron chi connectivity index (χ3n) is 6.15. The van der Waals surface area contributed by atoms with Crippen LogP contribution >= 0.6 is 0 Å². The molecule has 1 aromatic heterocycles. The largest absolute Gasteiger partial charge is 0.357 e. The van der Waals surface area contributed by atoms with E-state index in [0.29, 0.717) is 17.8 Å². The Hall–Kier alpha value is -2.45. The monoisotopic (exact) mass is 442 g/mol. The fraction of sp³-hybridized carbons (Fsp3) is 0.478. The van der Waals surface area contributed by atoms with Crippen molar-refractivity contribution in [2.75, 3.05) is 29.9 Å². The maximum atomic E-state index is 12.9. The highest BCUT2D eigenvalue weighted by atomic mass is 32.2. The first kappa shape index (κ1) is 21.8. The van der Waals surface area contributed by atoms with Crippen molar-refractivity contribution < 1.29 is 13.2 Å². The number of hydrogen-bond donors (Lipinski definition) is 1. The van der Waals surface area contributed by atoms with E-state index in [2.05, 4.69) is 15.2 Å². The Morgan fingerprint density at radius 2 is 1.68 bits per heavy atom. The summed E-state index contributed by atoms with van der Waals surface area (Å²) in [5.74, 6) is 0.641. The summed E-state index contributed by atoms with van der Waals surface area (Å²) in [4.78, 5) is 19.6. The molecule has 2 aromatic rings. The van der Waals surface area contributed by atoms with Gasteiger partial charge in [-0.25, -0.2) is 13.4 Å². The molecule has 31 heavy (non-hydrogen) atoms. The number of aromatic nitrogens is 1. The molecule has 0 radical (unpaired) electrons. The van der Waals surface area contributed by atoms with Crippen LogP contribution in [0.5, 0.6) is 0 Å². The van der Waals surface area contributed by atoms with Crippen molar-refractivity contribution in [1.29, 1.82) is 0 Å². The Balaban J connectivity index is 1.41. The van der Waals surface area contributed by atoms with Crippen molar-refractivity contribution >= 4 is 27.4 Å². The summed E-state index contributed by atoms with van der Waals surface area (Å²) >= 11 is 0. The second-order valence-electron chi connectivity index (χ2n) is 8.39. The van der Waals surface area contributed by atoms with Gasteiger partial charge in [0.15, 0.2) is 0 Å². The van der Waals surface area contributed by atoms with Crippen LogP contribution in [-0.4, -0.2) is 49.3 Å². The van der Waals surface area contributed by atoms with Crippen molar-refractivity contribution in [3.05, 3.63) is 48.2 Å². The van der Waals surface area contributed by atoms with Crippen molar-refractivity contribution in [2.45, 2.75) is 56.4 Å². The van der Waals surface area contributed by atoms with E-state index in [1.807, 2.05) is 19.1 Å². The molecule has 4 rings (SSSR count). The fourth-order valence-corrected chi connectivity index (χ4v) is 6.02. The molecule has 7 nitrogen and oxygen atoms in total. The molecule has 3 heterocycles. The number of amides is 1. The molecule has 0 bridgehead atoms. The van der Waals surface area contributed by atoms with Gasteiger partial charge in [-0.1, -0.05) is 6.42 Å². The van der Waals surface area contributed by atoms with E-state index in [-0.39, 0.29) is 16.8 Å². The third-order valence-corrected chi connectivity index (χ3v) is 8.18. The zero-order valence-electron chi connectivity index (χ0n) is 18.0. The Bertz CT molecular complexity index is 1000. The van der Waals surface area contributed by atoms with Gasteiger partial charge < -0.3 is 10.2 Å². The van der Waals surface area contributed by atoms with Crippen LogP contribution in [0, 0.1) is 0 Å². The van der Waals surface area contributed by atoms with Gasteiger partial charge in [0.05, 0.1) is 16.8 Å². The number of anilines is 2. The number of piperidine rings is 2. The van der Waals surface area contributed by atoms with Crippen LogP contribution in [0.1, 0.15) is 55.8 Å². The highest BCUT2D eigenvalue weighted by molar-refractivity contribution is 7.89. The van der Waals surface area contributed by atoms with Gasteiger partial charge in [0.2, 0.25) is 10.0 Å². The highest BCUT2D eigenvalue weighted by Gasteiger charge is 2.30. The van der Waals surface area contributed by atoms with E-state index in [4.69, 9.17) is 0 Å². The molecule has 1 unspecified atom stereocenters. The molecule has 1 aromatic carbocycles. The Labute approximate surface area is 184 Å². The van der Waals surface area contributed by atoms with Crippen molar-refractivity contribution in [1.82, 2.24) is 9.29 Å². The maximum absolute atomic E-state index is 12.9. The van der Waals surface area contributed by atoms with E-state index < -0.39 is 10.0 Å². The predicted octanol–water partition coefficient (Wildman–Crippen LogP) is 3.89. The van der Waals surface area contributed by atoms with Gasteiger partial charge in [-0.2, -0.15) is 4.31 Å². The summed E-state index contributed by atoms with van der Waals surface area (Å²) in [6.07, 6.45) is 8.12. The van der Waals surface area contributed by atoms with E-state index in [1.54, 1.807) is 22.6 Å². The molecule has 166 valence electrons. The maximum Gasteiger partial charge on any atom is 0.255 e. The number of nitrogens with one attached hydrogen (secondary N) is 1. The average molecular weight is 443 g/mol. The van der Waals surface area contributed by atoms with Gasteiger partial charge in [-0.3, -0.25) is 4.79 Å². The minimum absolute atomic E-state index is 0.00198. The van der Waals surface area contributed by atoms with Gasteiger partial charge in [-0.05, 0) is 75.4 Å². The number of carbonyl (C=O) groups is 1. The number of nitrogens with zero attached hydrogens (tertiary/aromatic N) is 3. The van der Waals surface area contributed by atoms with E-state index in [9.17, 15) is 13.2 Å². The molecular formula is C23H30N4O3S. The molecule has 2 aliphatic heterocycles. The molecule has 0 saturated carbocycles. The number of rotatable bonds is 5. The highest BCUT2D eigenvalue weighted by Crippen LogP contribution is 2.25. The Morgan fingerprint density at radius 1 is 0.968 bits per heavy atom. The Morgan fingerprint density at radius 3 is 2.32 bits per heavy atom. The zero-order valence-corrected chi connectivity index (χ0v) is 18.8. The SMILES string of the molecule is CC1CCCCN1S(=O)(=O)c1ccc(C(=O)Nc2ccc(N3CCCCC3)nc2)cc1. The zero-order chi connectivity index (χ0) is 21.8. The number of pyridine rings is 1. The van der Waals surface area contributed by atoms with Crippen LogP contribution in [0.2, 0.25) is 0 Å². The molecule has 2 saturated heterocycles. The van der Waals surface area contributed by atoms with Gasteiger partial charge in [0.25, 0.3) is 5.91 Å². The second-order valence-corrected chi connectivity index (χ2v) is 10.3. The van der Waals surface area contributed by atoms with Crippen LogP contribution in [0.15, 0.2) is 47.5 Å². The first-order valence-electron chi connectivity index (χ1n) is 11.1. The minimum Gasteiger partial charge on any atom is -0.357 e. The minimum atomic E-state index is -3.54. The molecule has 0 aliphatic carbocycles. The van der Waals surface area contributed by atoms with Crippen LogP contribution in [0.25, 0.3) is 0 Å². The van der Waals surface area contributed by atoms with Crippen LogP contribution in [-0.2, 0) is 10.0 Å². The first-order chi connectivity index (χ1) is 14.9. The van der Waals surface area contributed by atoms with Gasteiger partial charge >= 0.3 is 0 Å². The van der Waals surface area contributed by atoms with Crippen LogP contribution < -0.4 is 10.2 Å². The van der Waals surface area contributed by atoms with Crippen molar-refractivity contribution in [2.24, 2.45) is 0 Å². The van der Waals surface area contributed by atoms with E-state index >= 15 is 0 Å². The summed E-state index contributed by atoms with van der Waals surface area (Å²) in [6, 6.07) is 9.94. The van der Waals surface area contributed by atoms with Gasteiger partial charge in [0.1, 0.15) is 5.82 Å².